The summed E-state index contributed by atoms with van der Waals surface area (Å²) in [6.07, 6.45) is -0.799. The molecular weight excluding hydrogens is 424 g/mol. The van der Waals surface area contributed by atoms with Crippen LogP contribution in [-0.4, -0.2) is 60.1 Å². The summed E-state index contributed by atoms with van der Waals surface area (Å²) in [5.74, 6) is -0.760. The lowest BCUT2D eigenvalue weighted by atomic mass is 9.97. The number of aryl methyl sites for hydroxylation is 1. The number of nitriles is 1. The van der Waals surface area contributed by atoms with Crippen LogP contribution in [0.25, 0.3) is 11.1 Å². The predicted molar refractivity (Wildman–Crippen MR) is 121 cm³/mol. The molecule has 0 spiro atoms. The van der Waals surface area contributed by atoms with E-state index in [1.807, 2.05) is 33.8 Å². The molecule has 1 atom stereocenters. The van der Waals surface area contributed by atoms with E-state index in [1.165, 1.54) is 12.1 Å². The van der Waals surface area contributed by atoms with Crippen LogP contribution >= 0.6 is 0 Å². The zero-order chi connectivity index (χ0) is 24.2. The van der Waals surface area contributed by atoms with Crippen molar-refractivity contribution in [2.75, 3.05) is 26.3 Å². The number of amides is 1. The molecule has 0 radical (unpaired) electrons. The number of hydrogen-bond acceptors (Lipinski definition) is 6. The van der Waals surface area contributed by atoms with Crippen LogP contribution in [0.4, 0.5) is 4.79 Å². The second-order valence-electron chi connectivity index (χ2n) is 8.94. The Kier molecular flexibility index (Phi) is 7.24. The molecule has 0 aromatic heterocycles. The number of ether oxygens (including phenoxy) is 3. The Labute approximate surface area is 193 Å². The van der Waals surface area contributed by atoms with Gasteiger partial charge >= 0.3 is 12.1 Å². The maximum absolute atomic E-state index is 12.4. The van der Waals surface area contributed by atoms with Gasteiger partial charge in [-0.2, -0.15) is 5.26 Å². The highest BCUT2D eigenvalue weighted by Crippen LogP contribution is 2.30. The number of hydrogen-bond donors (Lipinski definition) is 1. The first kappa shape index (κ1) is 24.1. The van der Waals surface area contributed by atoms with E-state index < -0.39 is 23.8 Å². The molecule has 3 rings (SSSR count). The Morgan fingerprint density at radius 2 is 2.00 bits per heavy atom. The summed E-state index contributed by atoms with van der Waals surface area (Å²) in [5, 5.41) is 19.1. The Morgan fingerprint density at radius 3 is 2.67 bits per heavy atom. The van der Waals surface area contributed by atoms with Crippen molar-refractivity contribution in [3.8, 4) is 22.9 Å². The van der Waals surface area contributed by atoms with E-state index in [0.29, 0.717) is 42.1 Å². The van der Waals surface area contributed by atoms with Crippen molar-refractivity contribution < 1.29 is 28.9 Å². The number of aromatic carboxylic acids is 1. The van der Waals surface area contributed by atoms with Crippen LogP contribution in [0, 0.1) is 18.3 Å². The van der Waals surface area contributed by atoms with Gasteiger partial charge in [0.25, 0.3) is 0 Å². The third kappa shape index (κ3) is 6.46. The molecule has 1 aliphatic rings. The third-order valence-corrected chi connectivity index (χ3v) is 4.99. The largest absolute Gasteiger partial charge is 0.491 e. The number of morpholine rings is 1. The van der Waals surface area contributed by atoms with Crippen LogP contribution in [0.1, 0.15) is 42.3 Å². The predicted octanol–water partition coefficient (Wildman–Crippen LogP) is 4.25. The molecule has 0 saturated carbocycles. The summed E-state index contributed by atoms with van der Waals surface area (Å²) in [5.41, 5.74) is 2.04. The zero-order valence-corrected chi connectivity index (χ0v) is 19.3. The van der Waals surface area contributed by atoms with Gasteiger partial charge in [0.05, 0.1) is 30.3 Å². The number of benzene rings is 2. The molecule has 8 heteroatoms. The molecule has 8 nitrogen and oxygen atoms in total. The standard InChI is InChI=1S/C25H28N2O6/c1-16-5-6-22(19(9-16)13-26)17-10-18(23(28)29)12-20(11-17)32-15-21-14-27(7-8-31-21)24(30)33-25(2,3)4/h5-6,9-12,21H,7-8,14-15H2,1-4H3,(H,28,29). The summed E-state index contributed by atoms with van der Waals surface area (Å²) in [7, 11) is 0. The highest BCUT2D eigenvalue weighted by molar-refractivity contribution is 5.90. The van der Waals surface area contributed by atoms with Crippen LogP contribution < -0.4 is 4.74 Å². The molecule has 1 N–H and O–H groups in total. The zero-order valence-electron chi connectivity index (χ0n) is 19.3. The minimum absolute atomic E-state index is 0.0481. The second kappa shape index (κ2) is 9.92. The van der Waals surface area contributed by atoms with E-state index in [9.17, 15) is 20.0 Å². The van der Waals surface area contributed by atoms with E-state index in [-0.39, 0.29) is 12.2 Å². The summed E-state index contributed by atoms with van der Waals surface area (Å²) < 4.78 is 17.0. The van der Waals surface area contributed by atoms with E-state index in [0.717, 1.165) is 5.56 Å². The first-order valence-electron chi connectivity index (χ1n) is 10.7. The van der Waals surface area contributed by atoms with Gasteiger partial charge in [-0.3, -0.25) is 0 Å². The molecule has 1 aliphatic heterocycles. The SMILES string of the molecule is Cc1ccc(-c2cc(OCC3CN(C(=O)OC(C)(C)C)CCO3)cc(C(=O)O)c2)c(C#N)c1. The summed E-state index contributed by atoms with van der Waals surface area (Å²) in [4.78, 5) is 25.6. The van der Waals surface area contributed by atoms with Crippen LogP contribution in [0.2, 0.25) is 0 Å². The summed E-state index contributed by atoms with van der Waals surface area (Å²) in [6.45, 7) is 8.52. The number of carboxylic acid groups (broad SMARTS) is 1. The van der Waals surface area contributed by atoms with Gasteiger partial charge in [-0.1, -0.05) is 12.1 Å². The van der Waals surface area contributed by atoms with Crippen molar-refractivity contribution in [1.29, 1.82) is 5.26 Å². The highest BCUT2D eigenvalue weighted by atomic mass is 16.6. The molecule has 0 aliphatic carbocycles. The lowest BCUT2D eigenvalue weighted by Crippen LogP contribution is -2.49. The smallest absolute Gasteiger partial charge is 0.410 e. The van der Waals surface area contributed by atoms with E-state index >= 15 is 0 Å². The number of nitrogens with zero attached hydrogens (tertiary/aromatic N) is 2. The quantitative estimate of drug-likeness (QED) is 0.722. The van der Waals surface area contributed by atoms with Crippen molar-refractivity contribution in [2.45, 2.75) is 39.4 Å². The van der Waals surface area contributed by atoms with E-state index in [1.54, 1.807) is 23.1 Å². The van der Waals surface area contributed by atoms with Gasteiger partial charge in [0, 0.05) is 6.54 Å². The summed E-state index contributed by atoms with van der Waals surface area (Å²) >= 11 is 0. The molecule has 33 heavy (non-hydrogen) atoms. The maximum Gasteiger partial charge on any atom is 0.410 e. The van der Waals surface area contributed by atoms with Crippen LogP contribution in [-0.2, 0) is 9.47 Å². The number of carbonyl (C=O) groups excluding carboxylic acids is 1. The lowest BCUT2D eigenvalue weighted by Gasteiger charge is -2.34. The Morgan fingerprint density at radius 1 is 1.24 bits per heavy atom. The number of carbonyl (C=O) groups is 2. The minimum Gasteiger partial charge on any atom is -0.491 e. The highest BCUT2D eigenvalue weighted by Gasteiger charge is 2.28. The van der Waals surface area contributed by atoms with Gasteiger partial charge in [0.2, 0.25) is 0 Å². The lowest BCUT2D eigenvalue weighted by molar-refractivity contribution is -0.0557. The fourth-order valence-corrected chi connectivity index (χ4v) is 3.47. The first-order chi connectivity index (χ1) is 15.6. The molecule has 174 valence electrons. The third-order valence-electron chi connectivity index (χ3n) is 4.99. The van der Waals surface area contributed by atoms with Gasteiger partial charge in [-0.05, 0) is 68.7 Å². The van der Waals surface area contributed by atoms with Crippen LogP contribution in [0.3, 0.4) is 0 Å². The molecule has 2 aromatic rings. The van der Waals surface area contributed by atoms with Gasteiger partial charge in [0.1, 0.15) is 24.1 Å². The Balaban J connectivity index is 1.77. The molecule has 1 unspecified atom stereocenters. The average molecular weight is 453 g/mol. The maximum atomic E-state index is 12.4. The molecule has 2 aromatic carbocycles. The number of carboxylic acids is 1. The van der Waals surface area contributed by atoms with Gasteiger partial charge in [0.15, 0.2) is 0 Å². The Bertz CT molecular complexity index is 1080. The average Bonchev–Trinajstić information content (AvgIpc) is 2.76. The topological polar surface area (TPSA) is 109 Å². The molecule has 1 amide bonds. The molecular formula is C25H28N2O6. The van der Waals surface area contributed by atoms with Gasteiger partial charge in [-0.25, -0.2) is 9.59 Å². The molecule has 1 fully saturated rings. The van der Waals surface area contributed by atoms with E-state index in [4.69, 9.17) is 14.2 Å². The van der Waals surface area contributed by atoms with E-state index in [2.05, 4.69) is 6.07 Å². The van der Waals surface area contributed by atoms with Crippen LogP contribution in [0.5, 0.6) is 5.75 Å². The van der Waals surface area contributed by atoms with Crippen molar-refractivity contribution >= 4 is 12.1 Å². The summed E-state index contributed by atoms with van der Waals surface area (Å²) in [6, 6.07) is 12.2. The normalized spacial score (nSPS) is 16.1. The monoisotopic (exact) mass is 452 g/mol. The first-order valence-corrected chi connectivity index (χ1v) is 10.7. The number of rotatable bonds is 5. The van der Waals surface area contributed by atoms with Crippen molar-refractivity contribution in [3.05, 3.63) is 53.1 Å². The Hall–Kier alpha value is -3.57. The van der Waals surface area contributed by atoms with Crippen molar-refractivity contribution in [3.63, 3.8) is 0 Å². The van der Waals surface area contributed by atoms with Crippen molar-refractivity contribution in [1.82, 2.24) is 4.90 Å². The fraction of sp³-hybridized carbons (Fsp3) is 0.400. The second-order valence-corrected chi connectivity index (χ2v) is 8.94. The molecule has 0 bridgehead atoms. The van der Waals surface area contributed by atoms with Gasteiger partial charge in [-0.15, -0.1) is 0 Å². The van der Waals surface area contributed by atoms with Crippen LogP contribution in [0.15, 0.2) is 36.4 Å². The van der Waals surface area contributed by atoms with Crippen molar-refractivity contribution in [2.24, 2.45) is 0 Å². The minimum atomic E-state index is -1.10. The van der Waals surface area contributed by atoms with Gasteiger partial charge < -0.3 is 24.2 Å². The molecule has 1 heterocycles. The molecule has 1 saturated heterocycles. The fourth-order valence-electron chi connectivity index (χ4n) is 3.47.